The van der Waals surface area contributed by atoms with Crippen molar-refractivity contribution in [2.75, 3.05) is 5.73 Å². The van der Waals surface area contributed by atoms with Gasteiger partial charge in [-0.2, -0.15) is 0 Å². The molecule has 0 saturated heterocycles. The molecule has 0 aliphatic rings. The number of nitrogens with two attached hydrogens (primary N) is 1. The highest BCUT2D eigenvalue weighted by atomic mass is 35.5. The molecule has 0 atom stereocenters. The van der Waals surface area contributed by atoms with Crippen molar-refractivity contribution in [2.45, 2.75) is 6.43 Å². The minimum absolute atomic E-state index is 0.0208. The van der Waals surface area contributed by atoms with Crippen LogP contribution < -0.4 is 5.73 Å². The monoisotopic (exact) mass is 233 g/mol. The third-order valence-electron chi connectivity index (χ3n) is 1.90. The number of hydrogen-bond donors (Lipinski definition) is 1. The lowest BCUT2D eigenvalue weighted by molar-refractivity contribution is 0.156. The van der Waals surface area contributed by atoms with Gasteiger partial charge in [-0.25, -0.2) is 8.78 Å². The third kappa shape index (κ3) is 1.44. The first-order chi connectivity index (χ1) is 6.59. The van der Waals surface area contributed by atoms with E-state index in [-0.39, 0.29) is 4.88 Å². The van der Waals surface area contributed by atoms with Crippen LogP contribution in [0.25, 0.3) is 10.1 Å². The molecule has 14 heavy (non-hydrogen) atoms. The summed E-state index contributed by atoms with van der Waals surface area (Å²) in [6.45, 7) is 0. The Hall–Kier alpha value is -0.870. The molecule has 1 nitrogen and oxygen atoms in total. The van der Waals surface area contributed by atoms with Crippen LogP contribution in [0.5, 0.6) is 0 Å². The topological polar surface area (TPSA) is 26.0 Å². The number of benzene rings is 1. The quantitative estimate of drug-likeness (QED) is 0.738. The average molecular weight is 234 g/mol. The highest BCUT2D eigenvalue weighted by molar-refractivity contribution is 7.19. The maximum Gasteiger partial charge on any atom is 0.272 e. The van der Waals surface area contributed by atoms with Crippen LogP contribution in [0.15, 0.2) is 18.2 Å². The molecule has 2 aromatic rings. The van der Waals surface area contributed by atoms with Crippen molar-refractivity contribution in [1.82, 2.24) is 0 Å². The summed E-state index contributed by atoms with van der Waals surface area (Å²) in [6.07, 6.45) is -2.45. The van der Waals surface area contributed by atoms with E-state index in [2.05, 4.69) is 0 Å². The van der Waals surface area contributed by atoms with E-state index < -0.39 is 6.43 Å². The second-order valence-corrected chi connectivity index (χ2v) is 4.32. The Balaban J connectivity index is 2.71. The lowest BCUT2D eigenvalue weighted by Crippen LogP contribution is -1.84. The van der Waals surface area contributed by atoms with Gasteiger partial charge in [-0.15, -0.1) is 11.3 Å². The molecule has 0 bridgehead atoms. The smallest absolute Gasteiger partial charge is 0.272 e. The minimum Gasteiger partial charge on any atom is -0.398 e. The van der Waals surface area contributed by atoms with Crippen LogP contribution in [0.4, 0.5) is 14.5 Å². The minimum atomic E-state index is -2.45. The molecule has 0 radical (unpaired) electrons. The summed E-state index contributed by atoms with van der Waals surface area (Å²) in [5.74, 6) is 0. The molecule has 0 aliphatic heterocycles. The van der Waals surface area contributed by atoms with Crippen LogP contribution in [0, 0.1) is 0 Å². The van der Waals surface area contributed by atoms with Gasteiger partial charge in [0.05, 0.1) is 15.6 Å². The van der Waals surface area contributed by atoms with Gasteiger partial charge in [-0.05, 0) is 18.2 Å². The number of anilines is 1. The van der Waals surface area contributed by atoms with Gasteiger partial charge in [0.25, 0.3) is 6.43 Å². The molecule has 0 amide bonds. The van der Waals surface area contributed by atoms with Gasteiger partial charge in [0.15, 0.2) is 0 Å². The van der Waals surface area contributed by atoms with Crippen LogP contribution in [0.2, 0.25) is 5.02 Å². The summed E-state index contributed by atoms with van der Waals surface area (Å²) in [7, 11) is 0. The summed E-state index contributed by atoms with van der Waals surface area (Å²) < 4.78 is 25.5. The molecule has 2 N–H and O–H groups in total. The summed E-state index contributed by atoms with van der Waals surface area (Å²) in [4.78, 5) is 0.0208. The van der Waals surface area contributed by atoms with E-state index in [0.717, 1.165) is 16.0 Å². The van der Waals surface area contributed by atoms with Gasteiger partial charge in [0.1, 0.15) is 0 Å². The van der Waals surface area contributed by atoms with E-state index in [1.807, 2.05) is 0 Å². The standard InChI is InChI=1S/C9H6ClF2NS/c10-8-4-3-7(9(11)12)14-6(4)2-1-5(8)13/h1-3,9H,13H2. The van der Waals surface area contributed by atoms with Crippen molar-refractivity contribution >= 4 is 38.7 Å². The summed E-state index contributed by atoms with van der Waals surface area (Å²) >= 11 is 6.92. The zero-order valence-electron chi connectivity index (χ0n) is 6.93. The predicted octanol–water partition coefficient (Wildman–Crippen LogP) is 4.07. The van der Waals surface area contributed by atoms with Gasteiger partial charge >= 0.3 is 0 Å². The molecule has 2 rings (SSSR count). The molecule has 0 fully saturated rings. The van der Waals surface area contributed by atoms with Crippen molar-refractivity contribution in [3.63, 3.8) is 0 Å². The highest BCUT2D eigenvalue weighted by Crippen LogP contribution is 2.38. The van der Waals surface area contributed by atoms with Gasteiger partial charge in [0, 0.05) is 10.1 Å². The molecule has 0 spiro atoms. The Morgan fingerprint density at radius 1 is 1.36 bits per heavy atom. The van der Waals surface area contributed by atoms with Crippen LogP contribution in [-0.4, -0.2) is 0 Å². The molecular formula is C9H6ClF2NS. The van der Waals surface area contributed by atoms with E-state index in [4.69, 9.17) is 17.3 Å². The third-order valence-corrected chi connectivity index (χ3v) is 3.43. The van der Waals surface area contributed by atoms with E-state index in [1.54, 1.807) is 12.1 Å². The number of nitrogen functional groups attached to an aromatic ring is 1. The van der Waals surface area contributed by atoms with Crippen molar-refractivity contribution in [3.05, 3.63) is 28.1 Å². The van der Waals surface area contributed by atoms with E-state index in [0.29, 0.717) is 16.1 Å². The van der Waals surface area contributed by atoms with Gasteiger partial charge in [-0.3, -0.25) is 0 Å². The number of alkyl halides is 2. The fourth-order valence-electron chi connectivity index (χ4n) is 1.22. The van der Waals surface area contributed by atoms with Crippen molar-refractivity contribution in [2.24, 2.45) is 0 Å². The number of rotatable bonds is 1. The molecular weight excluding hydrogens is 228 g/mol. The molecule has 1 aromatic heterocycles. The number of fused-ring (bicyclic) bond motifs is 1. The van der Waals surface area contributed by atoms with Crippen LogP contribution >= 0.6 is 22.9 Å². The fraction of sp³-hybridized carbons (Fsp3) is 0.111. The predicted molar refractivity (Wildman–Crippen MR) is 56.2 cm³/mol. The Bertz CT molecular complexity index is 481. The Kier molecular flexibility index (Phi) is 2.33. The molecule has 74 valence electrons. The van der Waals surface area contributed by atoms with Crippen molar-refractivity contribution < 1.29 is 8.78 Å². The van der Waals surface area contributed by atoms with Gasteiger partial charge < -0.3 is 5.73 Å². The largest absolute Gasteiger partial charge is 0.398 e. The van der Waals surface area contributed by atoms with Crippen LogP contribution in [0.1, 0.15) is 11.3 Å². The Morgan fingerprint density at radius 2 is 2.07 bits per heavy atom. The molecule has 5 heteroatoms. The average Bonchev–Trinajstić information content (AvgIpc) is 2.56. The van der Waals surface area contributed by atoms with Gasteiger partial charge in [-0.1, -0.05) is 11.6 Å². The molecule has 0 aliphatic carbocycles. The Morgan fingerprint density at radius 3 is 2.71 bits per heavy atom. The maximum atomic E-state index is 12.4. The first-order valence-electron chi connectivity index (χ1n) is 3.85. The highest BCUT2D eigenvalue weighted by Gasteiger charge is 2.13. The van der Waals surface area contributed by atoms with Crippen LogP contribution in [-0.2, 0) is 0 Å². The summed E-state index contributed by atoms with van der Waals surface area (Å²) in [5.41, 5.74) is 5.97. The SMILES string of the molecule is Nc1ccc2sc(C(F)F)cc2c1Cl. The molecule has 1 heterocycles. The van der Waals surface area contributed by atoms with Crippen molar-refractivity contribution in [1.29, 1.82) is 0 Å². The number of hydrogen-bond acceptors (Lipinski definition) is 2. The lowest BCUT2D eigenvalue weighted by atomic mass is 10.2. The second kappa shape index (κ2) is 3.37. The zero-order valence-corrected chi connectivity index (χ0v) is 8.50. The molecule has 0 unspecified atom stereocenters. The number of halogens is 3. The lowest BCUT2D eigenvalue weighted by Gasteiger charge is -1.97. The first-order valence-corrected chi connectivity index (χ1v) is 5.04. The maximum absolute atomic E-state index is 12.4. The first kappa shape index (κ1) is 9.68. The van der Waals surface area contributed by atoms with Gasteiger partial charge in [0.2, 0.25) is 0 Å². The van der Waals surface area contributed by atoms with Crippen LogP contribution in [0.3, 0.4) is 0 Å². The summed E-state index contributed by atoms with van der Waals surface area (Å²) in [6, 6.07) is 4.72. The molecule has 0 saturated carbocycles. The van der Waals surface area contributed by atoms with E-state index >= 15 is 0 Å². The number of thiophene rings is 1. The normalized spacial score (nSPS) is 11.4. The van der Waals surface area contributed by atoms with Crippen molar-refractivity contribution in [3.8, 4) is 0 Å². The zero-order chi connectivity index (χ0) is 10.3. The van der Waals surface area contributed by atoms with E-state index in [9.17, 15) is 8.78 Å². The Labute approximate surface area is 88.1 Å². The summed E-state index contributed by atoms with van der Waals surface area (Å²) in [5, 5.41) is 0.956. The molecule has 1 aromatic carbocycles. The second-order valence-electron chi connectivity index (χ2n) is 2.83. The fourth-order valence-corrected chi connectivity index (χ4v) is 2.42. The van der Waals surface area contributed by atoms with E-state index in [1.165, 1.54) is 6.07 Å².